The molecule has 1 saturated heterocycles. The first-order chi connectivity index (χ1) is 9.63. The quantitative estimate of drug-likeness (QED) is 0.866. The van der Waals surface area contributed by atoms with Gasteiger partial charge in [0, 0.05) is 37.6 Å². The Morgan fingerprint density at radius 3 is 2.55 bits per heavy atom. The van der Waals surface area contributed by atoms with E-state index in [4.69, 9.17) is 11.6 Å². The van der Waals surface area contributed by atoms with Crippen molar-refractivity contribution in [2.45, 2.75) is 13.8 Å². The van der Waals surface area contributed by atoms with Crippen LogP contribution in [-0.4, -0.2) is 49.4 Å². The summed E-state index contributed by atoms with van der Waals surface area (Å²) in [5, 5.41) is 2.81. The third-order valence-electron chi connectivity index (χ3n) is 3.79. The van der Waals surface area contributed by atoms with Crippen LogP contribution in [0.25, 0.3) is 0 Å². The smallest absolute Gasteiger partial charge is 0.239 e. The van der Waals surface area contributed by atoms with Crippen LogP contribution in [0.1, 0.15) is 12.5 Å². The topological polar surface area (TPSA) is 35.6 Å². The third-order valence-corrected chi connectivity index (χ3v) is 4.03. The molecular weight excluding hydrogens is 274 g/mol. The van der Waals surface area contributed by atoms with Crippen LogP contribution in [0.2, 0.25) is 0 Å². The molecule has 1 N–H and O–H groups in total. The van der Waals surface area contributed by atoms with Crippen molar-refractivity contribution in [3.8, 4) is 0 Å². The highest BCUT2D eigenvalue weighted by Crippen LogP contribution is 2.23. The minimum absolute atomic E-state index is 0.0137. The van der Waals surface area contributed by atoms with Gasteiger partial charge in [0.15, 0.2) is 0 Å². The van der Waals surface area contributed by atoms with Crippen LogP contribution >= 0.6 is 11.6 Å². The van der Waals surface area contributed by atoms with Gasteiger partial charge in [-0.15, -0.1) is 11.6 Å². The number of halogens is 1. The predicted octanol–water partition coefficient (Wildman–Crippen LogP) is 2.31. The number of aryl methyl sites for hydroxylation is 1. The van der Waals surface area contributed by atoms with Crippen LogP contribution in [0.15, 0.2) is 18.2 Å². The fourth-order valence-corrected chi connectivity index (χ4v) is 2.56. The van der Waals surface area contributed by atoms with Crippen LogP contribution < -0.4 is 10.2 Å². The van der Waals surface area contributed by atoms with Gasteiger partial charge < -0.3 is 15.1 Å². The lowest BCUT2D eigenvalue weighted by molar-refractivity contribution is -0.113. The maximum Gasteiger partial charge on any atom is 0.239 e. The Bertz CT molecular complexity index is 470. The number of hydrogen-bond donors (Lipinski definition) is 1. The third kappa shape index (κ3) is 3.64. The fourth-order valence-electron chi connectivity index (χ4n) is 2.49. The Morgan fingerprint density at radius 2 is 2.00 bits per heavy atom. The molecule has 1 aliphatic rings. The maximum absolute atomic E-state index is 11.3. The number of rotatable bonds is 4. The first-order valence-electron chi connectivity index (χ1n) is 7.07. The second-order valence-corrected chi connectivity index (χ2v) is 5.37. The monoisotopic (exact) mass is 295 g/mol. The van der Waals surface area contributed by atoms with E-state index in [2.05, 4.69) is 34.2 Å². The van der Waals surface area contributed by atoms with E-state index in [9.17, 15) is 4.79 Å². The lowest BCUT2D eigenvalue weighted by Crippen LogP contribution is -2.46. The molecule has 2 rings (SSSR count). The molecule has 1 heterocycles. The molecular formula is C15H22ClN3O. The van der Waals surface area contributed by atoms with Crippen LogP contribution in [0, 0.1) is 6.92 Å². The van der Waals surface area contributed by atoms with Gasteiger partial charge in [0.2, 0.25) is 5.91 Å². The zero-order chi connectivity index (χ0) is 14.5. The molecule has 0 spiro atoms. The van der Waals surface area contributed by atoms with E-state index in [0.29, 0.717) is 0 Å². The zero-order valence-corrected chi connectivity index (χ0v) is 12.9. The molecule has 0 saturated carbocycles. The predicted molar refractivity (Wildman–Crippen MR) is 84.9 cm³/mol. The van der Waals surface area contributed by atoms with Gasteiger partial charge in [0.25, 0.3) is 0 Å². The standard InChI is InChI=1S/C15H22ClN3O/c1-3-18-6-8-19(9-7-18)13-4-5-14(12(2)10-13)17-15(20)11-16/h4-5,10H,3,6-9,11H2,1-2H3,(H,17,20). The fraction of sp³-hybridized carbons (Fsp3) is 0.533. The Hall–Kier alpha value is -1.26. The van der Waals surface area contributed by atoms with E-state index in [1.807, 2.05) is 13.0 Å². The van der Waals surface area contributed by atoms with E-state index in [0.717, 1.165) is 44.0 Å². The minimum atomic E-state index is -0.168. The summed E-state index contributed by atoms with van der Waals surface area (Å²) in [5.41, 5.74) is 3.13. The van der Waals surface area contributed by atoms with Gasteiger partial charge in [-0.1, -0.05) is 6.92 Å². The van der Waals surface area contributed by atoms with Gasteiger partial charge in [-0.05, 0) is 37.2 Å². The first kappa shape index (κ1) is 15.1. The lowest BCUT2D eigenvalue weighted by Gasteiger charge is -2.35. The number of nitrogens with zero attached hydrogens (tertiary/aromatic N) is 2. The average Bonchev–Trinajstić information content (AvgIpc) is 2.49. The summed E-state index contributed by atoms with van der Waals surface area (Å²) in [6.45, 7) is 9.67. The first-order valence-corrected chi connectivity index (χ1v) is 7.61. The molecule has 1 aromatic carbocycles. The Kier molecular flexibility index (Phi) is 5.26. The number of hydrogen-bond acceptors (Lipinski definition) is 3. The largest absolute Gasteiger partial charge is 0.369 e. The molecule has 110 valence electrons. The van der Waals surface area contributed by atoms with E-state index < -0.39 is 0 Å². The molecule has 0 aromatic heterocycles. The highest BCUT2D eigenvalue weighted by molar-refractivity contribution is 6.29. The van der Waals surface area contributed by atoms with E-state index in [1.165, 1.54) is 5.69 Å². The van der Waals surface area contributed by atoms with Crippen molar-refractivity contribution in [3.05, 3.63) is 23.8 Å². The molecule has 20 heavy (non-hydrogen) atoms. The van der Waals surface area contributed by atoms with Gasteiger partial charge in [-0.3, -0.25) is 4.79 Å². The Morgan fingerprint density at radius 1 is 1.30 bits per heavy atom. The van der Waals surface area contributed by atoms with Crippen molar-refractivity contribution in [1.82, 2.24) is 4.90 Å². The van der Waals surface area contributed by atoms with Crippen LogP contribution in [-0.2, 0) is 4.79 Å². The van der Waals surface area contributed by atoms with Crippen molar-refractivity contribution < 1.29 is 4.79 Å². The molecule has 1 aliphatic heterocycles. The molecule has 0 atom stereocenters. The summed E-state index contributed by atoms with van der Waals surface area (Å²) in [4.78, 5) is 16.2. The molecule has 1 aromatic rings. The van der Waals surface area contributed by atoms with Crippen LogP contribution in [0.4, 0.5) is 11.4 Å². The number of amides is 1. The van der Waals surface area contributed by atoms with Gasteiger partial charge in [-0.25, -0.2) is 0 Å². The highest BCUT2D eigenvalue weighted by Gasteiger charge is 2.16. The number of benzene rings is 1. The second-order valence-electron chi connectivity index (χ2n) is 5.10. The normalized spacial score (nSPS) is 16.2. The van der Waals surface area contributed by atoms with Gasteiger partial charge in [0.05, 0.1) is 0 Å². The Labute approximate surface area is 125 Å². The highest BCUT2D eigenvalue weighted by atomic mass is 35.5. The Balaban J connectivity index is 2.04. The SMILES string of the molecule is CCN1CCN(c2ccc(NC(=O)CCl)c(C)c2)CC1. The van der Waals surface area contributed by atoms with Crippen molar-refractivity contribution in [3.63, 3.8) is 0 Å². The van der Waals surface area contributed by atoms with Crippen molar-refractivity contribution in [1.29, 1.82) is 0 Å². The lowest BCUT2D eigenvalue weighted by atomic mass is 10.1. The summed E-state index contributed by atoms with van der Waals surface area (Å²) < 4.78 is 0. The van der Waals surface area contributed by atoms with E-state index in [-0.39, 0.29) is 11.8 Å². The average molecular weight is 296 g/mol. The minimum Gasteiger partial charge on any atom is -0.369 e. The van der Waals surface area contributed by atoms with Gasteiger partial charge in [-0.2, -0.15) is 0 Å². The van der Waals surface area contributed by atoms with Crippen molar-refractivity contribution >= 4 is 28.9 Å². The molecule has 0 radical (unpaired) electrons. The molecule has 1 amide bonds. The molecule has 4 nitrogen and oxygen atoms in total. The molecule has 1 fully saturated rings. The van der Waals surface area contributed by atoms with Crippen LogP contribution in [0.5, 0.6) is 0 Å². The number of alkyl halides is 1. The second kappa shape index (κ2) is 6.95. The van der Waals surface area contributed by atoms with Crippen molar-refractivity contribution in [2.24, 2.45) is 0 Å². The number of anilines is 2. The molecule has 0 unspecified atom stereocenters. The number of carbonyl (C=O) groups excluding carboxylic acids is 1. The van der Waals surface area contributed by atoms with Crippen LogP contribution in [0.3, 0.4) is 0 Å². The molecule has 0 bridgehead atoms. The number of carbonyl (C=O) groups is 1. The zero-order valence-electron chi connectivity index (χ0n) is 12.2. The summed E-state index contributed by atoms with van der Waals surface area (Å²) in [6, 6.07) is 6.16. The molecule has 5 heteroatoms. The summed E-state index contributed by atoms with van der Waals surface area (Å²) in [6.07, 6.45) is 0. The number of piperazine rings is 1. The maximum atomic E-state index is 11.3. The molecule has 0 aliphatic carbocycles. The summed E-state index contributed by atoms with van der Waals surface area (Å²) >= 11 is 5.51. The van der Waals surface area contributed by atoms with Gasteiger partial charge >= 0.3 is 0 Å². The van der Waals surface area contributed by atoms with E-state index >= 15 is 0 Å². The van der Waals surface area contributed by atoms with Gasteiger partial charge in [0.1, 0.15) is 5.88 Å². The van der Waals surface area contributed by atoms with E-state index in [1.54, 1.807) is 0 Å². The van der Waals surface area contributed by atoms with Crippen molar-refractivity contribution in [2.75, 3.05) is 48.8 Å². The summed E-state index contributed by atoms with van der Waals surface area (Å²) in [5.74, 6) is -0.181. The number of likely N-dealkylation sites (N-methyl/N-ethyl adjacent to an activating group) is 1. The number of nitrogens with one attached hydrogen (secondary N) is 1. The summed E-state index contributed by atoms with van der Waals surface area (Å²) in [7, 11) is 0.